The van der Waals surface area contributed by atoms with E-state index in [1.54, 1.807) is 0 Å². The monoisotopic (exact) mass is 253 g/mol. The maximum atomic E-state index is 11.4. The van der Waals surface area contributed by atoms with Crippen LogP contribution in [0.25, 0.3) is 0 Å². The topological polar surface area (TPSA) is 89.6 Å². The average Bonchev–Trinajstić information content (AvgIpc) is 2.87. The number of primary amides is 1. The van der Waals surface area contributed by atoms with Gasteiger partial charge in [-0.05, 0) is 25.7 Å². The molecule has 2 aliphatic rings. The van der Waals surface area contributed by atoms with Crippen LogP contribution in [0, 0.1) is 11.8 Å². The predicted octanol–water partition coefficient (Wildman–Crippen LogP) is 1.08. The molecule has 100 valence electrons. The van der Waals surface area contributed by atoms with Crippen LogP contribution in [-0.2, 0) is 14.3 Å². The summed E-state index contributed by atoms with van der Waals surface area (Å²) >= 11 is 0. The number of nitrogens with two attached hydrogens (primary N) is 1. The summed E-state index contributed by atoms with van der Waals surface area (Å²) in [5.74, 6) is -1.07. The van der Waals surface area contributed by atoms with E-state index in [-0.39, 0.29) is 36.4 Å². The molecule has 0 aromatic heterocycles. The quantitative estimate of drug-likeness (QED) is 0.693. The summed E-state index contributed by atoms with van der Waals surface area (Å²) in [6.07, 6.45) is 7.31. The fourth-order valence-electron chi connectivity index (χ4n) is 3.05. The highest BCUT2D eigenvalue weighted by Gasteiger charge is 2.50. The second-order valence-corrected chi connectivity index (χ2v) is 5.02. The van der Waals surface area contributed by atoms with Crippen LogP contribution in [-0.4, -0.2) is 29.2 Å². The summed E-state index contributed by atoms with van der Waals surface area (Å²) in [6, 6.07) is 0. The zero-order chi connectivity index (χ0) is 13.1. The summed E-state index contributed by atoms with van der Waals surface area (Å²) in [7, 11) is 0. The van der Waals surface area contributed by atoms with Crippen LogP contribution in [0.3, 0.4) is 0 Å². The minimum absolute atomic E-state index is 0.00456. The number of carbonyl (C=O) groups is 2. The van der Waals surface area contributed by atoms with E-state index in [9.17, 15) is 9.59 Å². The number of carboxylic acid groups (broad SMARTS) is 1. The van der Waals surface area contributed by atoms with Gasteiger partial charge in [0, 0.05) is 12.3 Å². The molecule has 1 amide bonds. The Morgan fingerprint density at radius 3 is 2.67 bits per heavy atom. The lowest BCUT2D eigenvalue weighted by molar-refractivity contribution is -0.136. The fraction of sp³-hybridized carbons (Fsp3) is 0.692. The Kier molecular flexibility index (Phi) is 4.01. The third kappa shape index (κ3) is 2.72. The van der Waals surface area contributed by atoms with Crippen LogP contribution in [0.2, 0.25) is 0 Å². The number of carboxylic acids is 1. The van der Waals surface area contributed by atoms with Crippen molar-refractivity contribution in [1.82, 2.24) is 0 Å². The fourth-order valence-corrected chi connectivity index (χ4v) is 3.05. The standard InChI is InChI=1S/C13H19NO4/c14-13(17)12-8(9-6-7-10(12)18-9)4-2-1-3-5-11(15)16/h1-2,8-10,12H,3-7H2,(H2,14,17)(H,15,16)/t8-,9-,10+,12-/m1/s1. The van der Waals surface area contributed by atoms with Crippen LogP contribution >= 0.6 is 0 Å². The Hall–Kier alpha value is -1.36. The third-order valence-corrected chi connectivity index (χ3v) is 3.85. The van der Waals surface area contributed by atoms with Crippen molar-refractivity contribution in [3.05, 3.63) is 12.2 Å². The maximum Gasteiger partial charge on any atom is 0.303 e. The second-order valence-electron chi connectivity index (χ2n) is 5.02. The van der Waals surface area contributed by atoms with Crippen LogP contribution in [0.4, 0.5) is 0 Å². The molecule has 0 aromatic carbocycles. The van der Waals surface area contributed by atoms with Crippen molar-refractivity contribution in [3.63, 3.8) is 0 Å². The van der Waals surface area contributed by atoms with E-state index in [1.165, 1.54) is 0 Å². The molecule has 2 bridgehead atoms. The van der Waals surface area contributed by atoms with Crippen molar-refractivity contribution in [2.45, 2.75) is 44.3 Å². The molecule has 2 heterocycles. The van der Waals surface area contributed by atoms with Crippen molar-refractivity contribution in [3.8, 4) is 0 Å². The highest BCUT2D eigenvalue weighted by Crippen LogP contribution is 2.44. The number of hydrogen-bond donors (Lipinski definition) is 2. The summed E-state index contributed by atoms with van der Waals surface area (Å²) in [5, 5.41) is 8.51. The lowest BCUT2D eigenvalue weighted by Crippen LogP contribution is -2.37. The molecular formula is C13H19NO4. The van der Waals surface area contributed by atoms with Crippen LogP contribution < -0.4 is 5.73 Å². The van der Waals surface area contributed by atoms with Gasteiger partial charge in [0.2, 0.25) is 5.91 Å². The molecule has 3 N–H and O–H groups in total. The van der Waals surface area contributed by atoms with Crippen molar-refractivity contribution < 1.29 is 19.4 Å². The van der Waals surface area contributed by atoms with E-state index in [2.05, 4.69) is 0 Å². The van der Waals surface area contributed by atoms with Gasteiger partial charge in [-0.15, -0.1) is 0 Å². The first-order chi connectivity index (χ1) is 8.59. The Morgan fingerprint density at radius 1 is 1.28 bits per heavy atom. The number of fused-ring (bicyclic) bond motifs is 2. The molecule has 5 nitrogen and oxygen atoms in total. The molecule has 5 heteroatoms. The highest BCUT2D eigenvalue weighted by molar-refractivity contribution is 5.78. The Bertz CT molecular complexity index is 366. The Morgan fingerprint density at radius 2 is 2.00 bits per heavy atom. The van der Waals surface area contributed by atoms with Gasteiger partial charge in [-0.1, -0.05) is 12.2 Å². The van der Waals surface area contributed by atoms with Crippen molar-refractivity contribution in [1.29, 1.82) is 0 Å². The zero-order valence-corrected chi connectivity index (χ0v) is 10.2. The van der Waals surface area contributed by atoms with Crippen LogP contribution in [0.5, 0.6) is 0 Å². The van der Waals surface area contributed by atoms with Gasteiger partial charge < -0.3 is 15.6 Å². The first-order valence-electron chi connectivity index (χ1n) is 6.41. The average molecular weight is 253 g/mol. The van der Waals surface area contributed by atoms with Crippen molar-refractivity contribution >= 4 is 11.9 Å². The van der Waals surface area contributed by atoms with Gasteiger partial charge >= 0.3 is 5.97 Å². The number of amides is 1. The number of ether oxygens (including phenoxy) is 1. The molecule has 4 atom stereocenters. The van der Waals surface area contributed by atoms with Gasteiger partial charge in [0.05, 0.1) is 18.1 Å². The Balaban J connectivity index is 1.84. The zero-order valence-electron chi connectivity index (χ0n) is 10.2. The first kappa shape index (κ1) is 13.1. The Labute approximate surface area is 106 Å². The largest absolute Gasteiger partial charge is 0.481 e. The first-order valence-corrected chi connectivity index (χ1v) is 6.41. The second kappa shape index (κ2) is 5.52. The molecule has 0 unspecified atom stereocenters. The molecule has 0 spiro atoms. The van der Waals surface area contributed by atoms with Gasteiger partial charge in [-0.3, -0.25) is 9.59 Å². The number of carbonyl (C=O) groups excluding carboxylic acids is 1. The molecule has 0 saturated carbocycles. The maximum absolute atomic E-state index is 11.4. The molecule has 2 saturated heterocycles. The molecule has 0 aromatic rings. The smallest absolute Gasteiger partial charge is 0.303 e. The molecule has 2 rings (SSSR count). The van der Waals surface area contributed by atoms with Crippen molar-refractivity contribution in [2.75, 3.05) is 0 Å². The molecule has 2 aliphatic heterocycles. The van der Waals surface area contributed by atoms with E-state index in [4.69, 9.17) is 15.6 Å². The molecule has 0 aliphatic carbocycles. The minimum atomic E-state index is -0.794. The molecular weight excluding hydrogens is 234 g/mol. The van der Waals surface area contributed by atoms with Crippen LogP contribution in [0.15, 0.2) is 12.2 Å². The summed E-state index contributed by atoms with van der Waals surface area (Å²) in [6.45, 7) is 0. The third-order valence-electron chi connectivity index (χ3n) is 3.85. The highest BCUT2D eigenvalue weighted by atomic mass is 16.5. The minimum Gasteiger partial charge on any atom is -0.481 e. The summed E-state index contributed by atoms with van der Waals surface area (Å²) in [4.78, 5) is 21.8. The van der Waals surface area contributed by atoms with Gasteiger partial charge in [0.25, 0.3) is 0 Å². The van der Waals surface area contributed by atoms with E-state index >= 15 is 0 Å². The van der Waals surface area contributed by atoms with E-state index in [0.717, 1.165) is 19.3 Å². The molecule has 2 fully saturated rings. The van der Waals surface area contributed by atoms with E-state index in [0.29, 0.717) is 6.42 Å². The number of hydrogen-bond acceptors (Lipinski definition) is 3. The lowest BCUT2D eigenvalue weighted by Gasteiger charge is -2.24. The van der Waals surface area contributed by atoms with E-state index < -0.39 is 5.97 Å². The van der Waals surface area contributed by atoms with E-state index in [1.807, 2.05) is 12.2 Å². The van der Waals surface area contributed by atoms with Gasteiger partial charge in [-0.25, -0.2) is 0 Å². The normalized spacial score (nSPS) is 34.2. The predicted molar refractivity (Wildman–Crippen MR) is 64.7 cm³/mol. The van der Waals surface area contributed by atoms with Gasteiger partial charge in [-0.2, -0.15) is 0 Å². The number of allylic oxidation sites excluding steroid dienone is 2. The summed E-state index contributed by atoms with van der Waals surface area (Å²) in [5.41, 5.74) is 5.42. The number of aliphatic carboxylic acids is 1. The molecule has 18 heavy (non-hydrogen) atoms. The lowest BCUT2D eigenvalue weighted by atomic mass is 9.77. The van der Waals surface area contributed by atoms with Gasteiger partial charge in [0.1, 0.15) is 0 Å². The van der Waals surface area contributed by atoms with Crippen molar-refractivity contribution in [2.24, 2.45) is 17.6 Å². The van der Waals surface area contributed by atoms with Gasteiger partial charge in [0.15, 0.2) is 0 Å². The number of rotatable bonds is 6. The summed E-state index contributed by atoms with van der Waals surface area (Å²) < 4.78 is 5.73. The molecule has 0 radical (unpaired) electrons. The SMILES string of the molecule is NC(=O)[C@@H]1[C@H](CC=CCCC(=O)O)[C@H]2CC[C@@H]1O2. The van der Waals surface area contributed by atoms with Crippen LogP contribution in [0.1, 0.15) is 32.1 Å².